The van der Waals surface area contributed by atoms with Crippen molar-refractivity contribution in [1.29, 1.82) is 0 Å². The number of carbonyl (C=O) groups is 2. The van der Waals surface area contributed by atoms with Crippen molar-refractivity contribution in [2.75, 3.05) is 22.7 Å². The molecular weight excluding hydrogens is 420 g/mol. The quantitative estimate of drug-likeness (QED) is 0.571. The van der Waals surface area contributed by atoms with Gasteiger partial charge in [-0.1, -0.05) is 49.4 Å². The van der Waals surface area contributed by atoms with Gasteiger partial charge in [-0.3, -0.25) is 14.5 Å². The highest BCUT2D eigenvalue weighted by atomic mass is 32.2. The monoisotopic (exact) mass is 444 g/mol. The summed E-state index contributed by atoms with van der Waals surface area (Å²) in [6.45, 7) is 2.51. The fourth-order valence-corrected chi connectivity index (χ4v) is 5.91. The number of methoxy groups -OCH3 is 1. The highest BCUT2D eigenvalue weighted by Gasteiger charge is 2.60. The SMILES string of the molecule is CCc1ccc(N2C(=O)CS[C@@]23C(=O)N(Cc2cccc(OC)c2)c2ccccc23)cc1. The molecule has 0 N–H and O–H groups in total. The molecule has 2 amide bonds. The van der Waals surface area contributed by atoms with Gasteiger partial charge in [0.25, 0.3) is 5.91 Å². The number of hydrogen-bond acceptors (Lipinski definition) is 4. The Bertz CT molecular complexity index is 1190. The second kappa shape index (κ2) is 8.02. The summed E-state index contributed by atoms with van der Waals surface area (Å²) in [6.07, 6.45) is 0.921. The number of rotatable bonds is 5. The molecule has 2 aliphatic rings. The van der Waals surface area contributed by atoms with Crippen molar-refractivity contribution in [3.63, 3.8) is 0 Å². The van der Waals surface area contributed by atoms with E-state index in [9.17, 15) is 9.59 Å². The first kappa shape index (κ1) is 20.6. The third kappa shape index (κ3) is 3.09. The normalized spacial score (nSPS) is 19.7. The van der Waals surface area contributed by atoms with Crippen LogP contribution in [-0.4, -0.2) is 24.7 Å². The summed E-state index contributed by atoms with van der Waals surface area (Å²) in [4.78, 5) is 29.6. The van der Waals surface area contributed by atoms with Crippen molar-refractivity contribution in [2.24, 2.45) is 0 Å². The van der Waals surface area contributed by atoms with Crippen LogP contribution in [0.3, 0.4) is 0 Å². The van der Waals surface area contributed by atoms with E-state index in [0.717, 1.165) is 34.7 Å². The molecule has 1 atom stereocenters. The second-order valence-corrected chi connectivity index (χ2v) is 9.11. The topological polar surface area (TPSA) is 49.9 Å². The molecule has 0 bridgehead atoms. The fraction of sp³-hybridized carbons (Fsp3) is 0.231. The molecule has 3 aromatic carbocycles. The van der Waals surface area contributed by atoms with Crippen LogP contribution in [0.15, 0.2) is 72.8 Å². The van der Waals surface area contributed by atoms with Crippen molar-refractivity contribution in [3.05, 3.63) is 89.5 Å². The Morgan fingerprint density at radius 2 is 1.75 bits per heavy atom. The highest BCUT2D eigenvalue weighted by molar-refractivity contribution is 8.02. The van der Waals surface area contributed by atoms with E-state index < -0.39 is 4.87 Å². The largest absolute Gasteiger partial charge is 0.497 e. The fourth-order valence-electron chi connectivity index (χ4n) is 4.55. The van der Waals surface area contributed by atoms with Crippen LogP contribution in [-0.2, 0) is 27.4 Å². The van der Waals surface area contributed by atoms with Gasteiger partial charge in [0.15, 0.2) is 0 Å². The lowest BCUT2D eigenvalue weighted by Crippen LogP contribution is -2.49. The Morgan fingerprint density at radius 3 is 2.50 bits per heavy atom. The van der Waals surface area contributed by atoms with Gasteiger partial charge in [-0.05, 0) is 47.9 Å². The molecule has 2 aliphatic heterocycles. The first-order valence-corrected chi connectivity index (χ1v) is 11.7. The number of carbonyl (C=O) groups excluding carboxylic acids is 2. The van der Waals surface area contributed by atoms with Gasteiger partial charge in [0.05, 0.1) is 25.1 Å². The van der Waals surface area contributed by atoms with Crippen LogP contribution in [0.4, 0.5) is 11.4 Å². The first-order valence-electron chi connectivity index (χ1n) is 10.7. The van der Waals surface area contributed by atoms with Crippen molar-refractivity contribution in [1.82, 2.24) is 0 Å². The first-order chi connectivity index (χ1) is 15.6. The standard InChI is InChI=1S/C26H24N2O3S/c1-3-18-11-13-20(14-12-18)28-24(29)17-32-26(28)22-9-4-5-10-23(22)27(25(26)30)16-19-7-6-8-21(15-19)31-2/h4-15H,3,16-17H2,1-2H3/t26-/m0/s1. The molecular formula is C26H24N2O3S. The van der Waals surface area contributed by atoms with Crippen molar-refractivity contribution in [2.45, 2.75) is 24.8 Å². The number of fused-ring (bicyclic) bond motifs is 2. The van der Waals surface area contributed by atoms with Gasteiger partial charge in [-0.2, -0.15) is 0 Å². The van der Waals surface area contributed by atoms with Crippen LogP contribution in [0, 0.1) is 0 Å². The summed E-state index contributed by atoms with van der Waals surface area (Å²) in [5.74, 6) is 0.880. The minimum Gasteiger partial charge on any atom is -0.497 e. The van der Waals surface area contributed by atoms with Crippen molar-refractivity contribution < 1.29 is 14.3 Å². The minimum atomic E-state index is -1.08. The Labute approximate surface area is 192 Å². The predicted octanol–water partition coefficient (Wildman–Crippen LogP) is 4.74. The van der Waals surface area contributed by atoms with Gasteiger partial charge < -0.3 is 9.64 Å². The maximum absolute atomic E-state index is 14.1. The van der Waals surface area contributed by atoms with E-state index in [4.69, 9.17) is 4.74 Å². The summed E-state index contributed by atoms with van der Waals surface area (Å²) in [5, 5.41) is 0. The molecule has 1 spiro atoms. The molecule has 2 heterocycles. The van der Waals surface area contributed by atoms with Gasteiger partial charge in [0.2, 0.25) is 10.8 Å². The maximum atomic E-state index is 14.1. The molecule has 5 rings (SSSR count). The number of aryl methyl sites for hydroxylation is 1. The van der Waals surface area contributed by atoms with Crippen LogP contribution in [0.1, 0.15) is 23.6 Å². The molecule has 1 fully saturated rings. The molecule has 0 aromatic heterocycles. The Morgan fingerprint density at radius 1 is 0.969 bits per heavy atom. The lowest BCUT2D eigenvalue weighted by Gasteiger charge is -2.33. The van der Waals surface area contributed by atoms with Crippen LogP contribution in [0.2, 0.25) is 0 Å². The smallest absolute Gasteiger partial charge is 0.269 e. The molecule has 0 unspecified atom stereocenters. The zero-order chi connectivity index (χ0) is 22.3. The number of para-hydroxylation sites is 1. The van der Waals surface area contributed by atoms with E-state index >= 15 is 0 Å². The summed E-state index contributed by atoms with van der Waals surface area (Å²) >= 11 is 1.41. The Kier molecular flexibility index (Phi) is 5.18. The van der Waals surface area contributed by atoms with Gasteiger partial charge in [-0.25, -0.2) is 0 Å². The molecule has 1 saturated heterocycles. The van der Waals surface area contributed by atoms with Crippen LogP contribution < -0.4 is 14.5 Å². The predicted molar refractivity (Wildman–Crippen MR) is 128 cm³/mol. The number of amides is 2. The zero-order valence-corrected chi connectivity index (χ0v) is 18.9. The molecule has 6 heteroatoms. The van der Waals surface area contributed by atoms with E-state index in [0.29, 0.717) is 6.54 Å². The number of thioether (sulfide) groups is 1. The van der Waals surface area contributed by atoms with E-state index in [1.165, 1.54) is 17.3 Å². The maximum Gasteiger partial charge on any atom is 0.269 e. The number of hydrogen-bond donors (Lipinski definition) is 0. The molecule has 162 valence electrons. The van der Waals surface area contributed by atoms with Crippen LogP contribution in [0.5, 0.6) is 5.75 Å². The Hall–Kier alpha value is -3.25. The lowest BCUT2D eigenvalue weighted by molar-refractivity contribution is -0.123. The van der Waals surface area contributed by atoms with Gasteiger partial charge in [0.1, 0.15) is 5.75 Å². The molecule has 0 saturated carbocycles. The summed E-state index contributed by atoms with van der Waals surface area (Å²) in [7, 11) is 1.63. The molecule has 3 aromatic rings. The van der Waals surface area contributed by atoms with E-state index in [2.05, 4.69) is 6.92 Å². The van der Waals surface area contributed by atoms with E-state index in [1.54, 1.807) is 16.9 Å². The summed E-state index contributed by atoms with van der Waals surface area (Å²) in [5.41, 5.74) is 4.63. The zero-order valence-electron chi connectivity index (χ0n) is 18.1. The van der Waals surface area contributed by atoms with E-state index in [-0.39, 0.29) is 17.6 Å². The lowest BCUT2D eigenvalue weighted by atomic mass is 10.0. The molecule has 32 heavy (non-hydrogen) atoms. The Balaban J connectivity index is 1.60. The molecule has 0 radical (unpaired) electrons. The molecule has 5 nitrogen and oxygen atoms in total. The number of ether oxygens (including phenoxy) is 1. The summed E-state index contributed by atoms with van der Waals surface area (Å²) < 4.78 is 5.36. The number of nitrogens with zero attached hydrogens (tertiary/aromatic N) is 2. The summed E-state index contributed by atoms with van der Waals surface area (Å²) in [6, 6.07) is 23.5. The minimum absolute atomic E-state index is 0.0503. The van der Waals surface area contributed by atoms with Gasteiger partial charge in [0, 0.05) is 11.3 Å². The number of anilines is 2. The third-order valence-electron chi connectivity index (χ3n) is 6.14. The highest BCUT2D eigenvalue weighted by Crippen LogP contribution is 2.55. The van der Waals surface area contributed by atoms with Gasteiger partial charge >= 0.3 is 0 Å². The van der Waals surface area contributed by atoms with Gasteiger partial charge in [-0.15, -0.1) is 11.8 Å². The average Bonchev–Trinajstić information content (AvgIpc) is 3.30. The van der Waals surface area contributed by atoms with Crippen molar-refractivity contribution >= 4 is 35.0 Å². The molecule has 0 aliphatic carbocycles. The van der Waals surface area contributed by atoms with Crippen LogP contribution >= 0.6 is 11.8 Å². The number of benzene rings is 3. The van der Waals surface area contributed by atoms with Crippen LogP contribution in [0.25, 0.3) is 0 Å². The second-order valence-electron chi connectivity index (χ2n) is 7.94. The average molecular weight is 445 g/mol. The van der Waals surface area contributed by atoms with E-state index in [1.807, 2.05) is 72.8 Å². The van der Waals surface area contributed by atoms with Crippen molar-refractivity contribution in [3.8, 4) is 5.75 Å². The third-order valence-corrected chi connectivity index (χ3v) is 7.53.